The van der Waals surface area contributed by atoms with E-state index in [1.165, 1.54) is 5.56 Å². The zero-order valence-electron chi connectivity index (χ0n) is 9.49. The van der Waals surface area contributed by atoms with E-state index in [0.717, 1.165) is 17.9 Å². The van der Waals surface area contributed by atoms with Crippen molar-refractivity contribution < 1.29 is 0 Å². The molecule has 2 rings (SSSR count). The first-order chi connectivity index (χ1) is 7.07. The van der Waals surface area contributed by atoms with Gasteiger partial charge in [-0.25, -0.2) is 4.99 Å². The molecule has 0 amide bonds. The Balaban J connectivity index is 2.28. The van der Waals surface area contributed by atoms with Crippen molar-refractivity contribution in [2.45, 2.75) is 26.2 Å². The number of benzene rings is 1. The zero-order valence-corrected chi connectivity index (χ0v) is 9.49. The maximum atomic E-state index is 4.29. The number of nitrogens with zero attached hydrogens (tertiary/aromatic N) is 2. The summed E-state index contributed by atoms with van der Waals surface area (Å²) in [6.07, 6.45) is 1.84. The summed E-state index contributed by atoms with van der Waals surface area (Å²) in [6, 6.07) is 8.52. The van der Waals surface area contributed by atoms with E-state index in [0.29, 0.717) is 0 Å². The lowest BCUT2D eigenvalue weighted by Gasteiger charge is -2.18. The van der Waals surface area contributed by atoms with E-state index in [1.807, 2.05) is 6.21 Å². The van der Waals surface area contributed by atoms with Gasteiger partial charge in [-0.2, -0.15) is 0 Å². The predicted molar refractivity (Wildman–Crippen MR) is 65.0 cm³/mol. The summed E-state index contributed by atoms with van der Waals surface area (Å²) in [6.45, 7) is 7.37. The Labute approximate surface area is 90.8 Å². The van der Waals surface area contributed by atoms with E-state index in [-0.39, 0.29) is 5.41 Å². The Kier molecular flexibility index (Phi) is 2.43. The van der Waals surface area contributed by atoms with Gasteiger partial charge in [0.05, 0.1) is 6.54 Å². The molecule has 0 saturated carbocycles. The maximum absolute atomic E-state index is 4.29. The molecule has 2 heteroatoms. The third kappa shape index (κ3) is 2.14. The molecule has 1 aliphatic rings. The molecule has 1 aromatic carbocycles. The molecule has 0 saturated heterocycles. The van der Waals surface area contributed by atoms with Gasteiger partial charge in [0.25, 0.3) is 0 Å². The number of hydrogen-bond acceptors (Lipinski definition) is 2. The summed E-state index contributed by atoms with van der Waals surface area (Å²) in [5.41, 5.74) is 2.66. The van der Waals surface area contributed by atoms with Crippen LogP contribution in [0.2, 0.25) is 0 Å². The quantitative estimate of drug-likeness (QED) is 0.666. The first-order valence-corrected chi connectivity index (χ1v) is 5.25. The van der Waals surface area contributed by atoms with Crippen LogP contribution in [0.5, 0.6) is 0 Å². The summed E-state index contributed by atoms with van der Waals surface area (Å²) >= 11 is 0. The van der Waals surface area contributed by atoms with E-state index < -0.39 is 0 Å². The molecule has 0 aliphatic carbocycles. The third-order valence-electron chi connectivity index (χ3n) is 2.55. The Hall–Kier alpha value is -1.44. The Morgan fingerprint density at radius 1 is 1.07 bits per heavy atom. The van der Waals surface area contributed by atoms with Gasteiger partial charge in [0.15, 0.2) is 5.84 Å². The smallest absolute Gasteiger partial charge is 0.154 e. The molecule has 0 atom stereocenters. The number of amidine groups is 1. The highest BCUT2D eigenvalue weighted by Crippen LogP contribution is 2.22. The SMILES string of the molecule is CC(C)(C)c1ccc(C2=NCC=N2)cc1. The fourth-order valence-electron chi connectivity index (χ4n) is 1.58. The highest BCUT2D eigenvalue weighted by Gasteiger charge is 2.13. The molecule has 0 bridgehead atoms. The van der Waals surface area contributed by atoms with Crippen LogP contribution in [-0.4, -0.2) is 18.6 Å². The molecule has 0 unspecified atom stereocenters. The van der Waals surface area contributed by atoms with Crippen LogP contribution in [0.15, 0.2) is 34.3 Å². The normalized spacial score (nSPS) is 15.5. The largest absolute Gasteiger partial charge is 0.260 e. The highest BCUT2D eigenvalue weighted by atomic mass is 15.0. The predicted octanol–water partition coefficient (Wildman–Crippen LogP) is 2.82. The molecule has 0 fully saturated rings. The summed E-state index contributed by atoms with van der Waals surface area (Å²) in [5.74, 6) is 0.857. The second kappa shape index (κ2) is 3.61. The van der Waals surface area contributed by atoms with Crippen LogP contribution in [0.1, 0.15) is 31.9 Å². The lowest BCUT2D eigenvalue weighted by Crippen LogP contribution is -2.11. The first-order valence-electron chi connectivity index (χ1n) is 5.25. The minimum atomic E-state index is 0.208. The second-order valence-electron chi connectivity index (χ2n) is 4.80. The van der Waals surface area contributed by atoms with Crippen LogP contribution >= 0.6 is 0 Å². The van der Waals surface area contributed by atoms with E-state index in [1.54, 1.807) is 0 Å². The molecule has 1 aliphatic heterocycles. The van der Waals surface area contributed by atoms with Gasteiger partial charge in [0.2, 0.25) is 0 Å². The van der Waals surface area contributed by atoms with Crippen molar-refractivity contribution in [2.75, 3.05) is 6.54 Å². The number of aliphatic imine (C=N–C) groups is 2. The molecule has 15 heavy (non-hydrogen) atoms. The van der Waals surface area contributed by atoms with Crippen LogP contribution in [-0.2, 0) is 5.41 Å². The monoisotopic (exact) mass is 200 g/mol. The molecule has 2 nitrogen and oxygen atoms in total. The van der Waals surface area contributed by atoms with Crippen molar-refractivity contribution in [2.24, 2.45) is 9.98 Å². The van der Waals surface area contributed by atoms with Crippen LogP contribution in [0.4, 0.5) is 0 Å². The Bertz CT molecular complexity index is 405. The molecule has 1 aromatic rings. The molecule has 0 aromatic heterocycles. The molecule has 0 radical (unpaired) electrons. The van der Waals surface area contributed by atoms with Crippen LogP contribution in [0.25, 0.3) is 0 Å². The van der Waals surface area contributed by atoms with E-state index >= 15 is 0 Å². The Morgan fingerprint density at radius 3 is 2.20 bits per heavy atom. The first kappa shape index (κ1) is 10.1. The van der Waals surface area contributed by atoms with Crippen LogP contribution in [0, 0.1) is 0 Å². The fourth-order valence-corrected chi connectivity index (χ4v) is 1.58. The van der Waals surface area contributed by atoms with Crippen LogP contribution in [0.3, 0.4) is 0 Å². The zero-order chi connectivity index (χ0) is 10.9. The summed E-state index contributed by atoms with van der Waals surface area (Å²) < 4.78 is 0. The topological polar surface area (TPSA) is 24.7 Å². The average molecular weight is 200 g/mol. The minimum absolute atomic E-state index is 0.208. The summed E-state index contributed by atoms with van der Waals surface area (Å²) in [4.78, 5) is 8.51. The molecular formula is C13H16N2. The Morgan fingerprint density at radius 2 is 1.73 bits per heavy atom. The molecule has 1 heterocycles. The van der Waals surface area contributed by atoms with E-state index in [9.17, 15) is 0 Å². The van der Waals surface area contributed by atoms with Crippen molar-refractivity contribution in [3.8, 4) is 0 Å². The molecule has 78 valence electrons. The van der Waals surface area contributed by atoms with Gasteiger partial charge in [-0.3, -0.25) is 4.99 Å². The van der Waals surface area contributed by atoms with Gasteiger partial charge in [-0.1, -0.05) is 45.0 Å². The fraction of sp³-hybridized carbons (Fsp3) is 0.385. The standard InChI is InChI=1S/C13H16N2/c1-13(2,3)11-6-4-10(5-7-11)12-14-8-9-15-12/h4-8H,9H2,1-3H3. The second-order valence-corrected chi connectivity index (χ2v) is 4.80. The summed E-state index contributed by atoms with van der Waals surface area (Å²) in [5, 5.41) is 0. The van der Waals surface area contributed by atoms with Crippen molar-refractivity contribution >= 4 is 12.1 Å². The van der Waals surface area contributed by atoms with E-state index in [4.69, 9.17) is 0 Å². The van der Waals surface area contributed by atoms with Crippen molar-refractivity contribution in [3.05, 3.63) is 35.4 Å². The third-order valence-corrected chi connectivity index (χ3v) is 2.55. The lowest BCUT2D eigenvalue weighted by molar-refractivity contribution is 0.590. The number of rotatable bonds is 1. The van der Waals surface area contributed by atoms with Crippen molar-refractivity contribution in [3.63, 3.8) is 0 Å². The van der Waals surface area contributed by atoms with Gasteiger partial charge in [0, 0.05) is 11.8 Å². The lowest BCUT2D eigenvalue weighted by atomic mass is 9.87. The highest BCUT2D eigenvalue weighted by molar-refractivity contribution is 6.06. The average Bonchev–Trinajstić information content (AvgIpc) is 2.69. The van der Waals surface area contributed by atoms with Gasteiger partial charge in [-0.15, -0.1) is 0 Å². The van der Waals surface area contributed by atoms with Gasteiger partial charge >= 0.3 is 0 Å². The summed E-state index contributed by atoms with van der Waals surface area (Å²) in [7, 11) is 0. The maximum Gasteiger partial charge on any atom is 0.154 e. The van der Waals surface area contributed by atoms with E-state index in [2.05, 4.69) is 55.0 Å². The van der Waals surface area contributed by atoms with Gasteiger partial charge < -0.3 is 0 Å². The number of hydrogen-bond donors (Lipinski definition) is 0. The molecule has 0 N–H and O–H groups in total. The van der Waals surface area contributed by atoms with Crippen LogP contribution < -0.4 is 0 Å². The van der Waals surface area contributed by atoms with Gasteiger partial charge in [-0.05, 0) is 11.0 Å². The van der Waals surface area contributed by atoms with Crippen molar-refractivity contribution in [1.29, 1.82) is 0 Å². The minimum Gasteiger partial charge on any atom is -0.260 e. The molecular weight excluding hydrogens is 184 g/mol. The molecule has 0 spiro atoms. The van der Waals surface area contributed by atoms with Gasteiger partial charge in [0.1, 0.15) is 0 Å². The van der Waals surface area contributed by atoms with Crippen molar-refractivity contribution in [1.82, 2.24) is 0 Å².